The molecule has 170 valence electrons. The molecule has 0 saturated heterocycles. The van der Waals surface area contributed by atoms with Crippen LogP contribution in [0.2, 0.25) is 0 Å². The van der Waals surface area contributed by atoms with Crippen molar-refractivity contribution in [2.75, 3.05) is 12.4 Å². The first-order valence-corrected chi connectivity index (χ1v) is 11.0. The van der Waals surface area contributed by atoms with Gasteiger partial charge in [0, 0.05) is 41.4 Å². The highest BCUT2D eigenvalue weighted by atomic mass is 16.5. The van der Waals surface area contributed by atoms with E-state index in [2.05, 4.69) is 10.4 Å². The van der Waals surface area contributed by atoms with Crippen molar-refractivity contribution in [1.82, 2.24) is 9.78 Å². The Morgan fingerprint density at radius 1 is 0.971 bits per heavy atom. The predicted molar refractivity (Wildman–Crippen MR) is 128 cm³/mol. The van der Waals surface area contributed by atoms with Gasteiger partial charge in [0.1, 0.15) is 5.75 Å². The first-order valence-electron chi connectivity index (χ1n) is 11.0. The van der Waals surface area contributed by atoms with E-state index in [-0.39, 0.29) is 23.7 Å². The van der Waals surface area contributed by atoms with Gasteiger partial charge in [0.05, 0.1) is 7.11 Å². The monoisotopic (exact) mass is 453 g/mol. The van der Waals surface area contributed by atoms with Crippen LogP contribution in [-0.4, -0.2) is 28.6 Å². The van der Waals surface area contributed by atoms with Crippen LogP contribution < -0.4 is 15.6 Å². The summed E-state index contributed by atoms with van der Waals surface area (Å²) in [5, 5.41) is 5.74. The normalized spacial score (nSPS) is 17.6. The fourth-order valence-electron chi connectivity index (χ4n) is 4.85. The smallest absolute Gasteiger partial charge is 0.264 e. The van der Waals surface area contributed by atoms with E-state index >= 15 is 0 Å². The number of nitrogens with one attached hydrogen (secondary N) is 2. The number of aromatic nitrogens is 2. The molecule has 1 amide bonds. The Labute approximate surface area is 196 Å². The number of H-pyrrole nitrogens is 1. The second-order valence-electron chi connectivity index (χ2n) is 8.25. The largest absolute Gasteiger partial charge is 0.497 e. The number of hydrogen-bond donors (Lipinski definition) is 2. The fraction of sp³-hybridized carbons (Fsp3) is 0.148. The number of ketones is 1. The third-order valence-electron chi connectivity index (χ3n) is 6.40. The molecule has 0 unspecified atom stereocenters. The highest BCUT2D eigenvalue weighted by Crippen LogP contribution is 2.50. The van der Waals surface area contributed by atoms with Gasteiger partial charge >= 0.3 is 0 Å². The van der Waals surface area contributed by atoms with Crippen molar-refractivity contribution in [1.29, 1.82) is 0 Å². The van der Waals surface area contributed by atoms with Gasteiger partial charge in [-0.15, -0.1) is 0 Å². The van der Waals surface area contributed by atoms with Gasteiger partial charge < -0.3 is 10.1 Å². The molecule has 7 nitrogen and oxygen atoms in total. The van der Waals surface area contributed by atoms with Gasteiger partial charge in [0.15, 0.2) is 11.3 Å². The Kier molecular flexibility index (Phi) is 5.37. The van der Waals surface area contributed by atoms with E-state index in [9.17, 15) is 14.4 Å². The molecule has 0 aliphatic carbocycles. The number of ether oxygens (including phenoxy) is 1. The lowest BCUT2D eigenvalue weighted by Gasteiger charge is -2.37. The van der Waals surface area contributed by atoms with Crippen LogP contribution >= 0.6 is 0 Å². The van der Waals surface area contributed by atoms with Gasteiger partial charge in [-0.05, 0) is 23.8 Å². The van der Waals surface area contributed by atoms with E-state index < -0.39 is 11.5 Å². The number of benzene rings is 3. The molecule has 1 aromatic heterocycles. The zero-order valence-electron chi connectivity index (χ0n) is 18.5. The standard InChI is InChI=1S/C27H23N3O4/c1-34-20-11-7-10-19(16-20)22(17-24(31)18-8-3-2-4-9-18)27(30-15-14-25(32)29-30)21-12-5-6-13-23(21)28-26(27)33/h2-16,22H,17H2,1H3,(H,28,33)(H,29,32)/t22-,27-/m1/s1. The van der Waals surface area contributed by atoms with Gasteiger partial charge in [-0.2, -0.15) is 0 Å². The zero-order chi connectivity index (χ0) is 23.7. The maximum atomic E-state index is 13.9. The summed E-state index contributed by atoms with van der Waals surface area (Å²) in [5.41, 5.74) is 0.886. The lowest BCUT2D eigenvalue weighted by molar-refractivity contribution is -0.123. The predicted octanol–water partition coefficient (Wildman–Crippen LogP) is 3.94. The highest BCUT2D eigenvalue weighted by molar-refractivity contribution is 6.08. The first kappa shape index (κ1) is 21.5. The van der Waals surface area contributed by atoms with Crippen molar-refractivity contribution in [3.8, 4) is 5.75 Å². The maximum Gasteiger partial charge on any atom is 0.264 e. The van der Waals surface area contributed by atoms with Crippen molar-refractivity contribution >= 4 is 17.4 Å². The summed E-state index contributed by atoms with van der Waals surface area (Å²) in [5.74, 6) is -0.479. The van der Waals surface area contributed by atoms with Crippen LogP contribution in [0, 0.1) is 0 Å². The molecule has 0 fully saturated rings. The van der Waals surface area contributed by atoms with Crippen LogP contribution in [0.1, 0.15) is 33.8 Å². The number of fused-ring (bicyclic) bond motifs is 1. The Bertz CT molecular complexity index is 1420. The van der Waals surface area contributed by atoms with E-state index in [1.807, 2.05) is 66.7 Å². The summed E-state index contributed by atoms with van der Waals surface area (Å²) in [6.07, 6.45) is 1.59. The van der Waals surface area contributed by atoms with E-state index in [1.54, 1.807) is 25.4 Å². The second-order valence-corrected chi connectivity index (χ2v) is 8.25. The summed E-state index contributed by atoms with van der Waals surface area (Å²) in [6, 6.07) is 25.1. The number of methoxy groups -OCH3 is 1. The van der Waals surface area contributed by atoms with Crippen LogP contribution in [0.3, 0.4) is 0 Å². The average molecular weight is 453 g/mol. The Morgan fingerprint density at radius 2 is 1.74 bits per heavy atom. The molecule has 2 N–H and O–H groups in total. The quantitative estimate of drug-likeness (QED) is 0.415. The minimum Gasteiger partial charge on any atom is -0.497 e. The van der Waals surface area contributed by atoms with Gasteiger partial charge in [0.25, 0.3) is 11.5 Å². The van der Waals surface area contributed by atoms with Crippen molar-refractivity contribution < 1.29 is 14.3 Å². The lowest BCUT2D eigenvalue weighted by Crippen LogP contribution is -2.48. The number of aromatic amines is 1. The molecule has 34 heavy (non-hydrogen) atoms. The van der Waals surface area contributed by atoms with E-state index in [0.29, 0.717) is 22.6 Å². The van der Waals surface area contributed by atoms with Gasteiger partial charge in [-0.25, -0.2) is 0 Å². The fourth-order valence-corrected chi connectivity index (χ4v) is 4.85. The number of carbonyl (C=O) groups is 2. The molecule has 4 aromatic rings. The Balaban J connectivity index is 1.77. The highest BCUT2D eigenvalue weighted by Gasteiger charge is 2.55. The zero-order valence-corrected chi connectivity index (χ0v) is 18.5. The number of rotatable bonds is 7. The van der Waals surface area contributed by atoms with Crippen LogP contribution in [0.25, 0.3) is 0 Å². The summed E-state index contributed by atoms with van der Waals surface area (Å²) >= 11 is 0. The van der Waals surface area contributed by atoms with Gasteiger partial charge in [-0.3, -0.25) is 24.2 Å². The molecule has 7 heteroatoms. The third-order valence-corrected chi connectivity index (χ3v) is 6.40. The molecule has 2 heterocycles. The Hall–Kier alpha value is -4.39. The molecule has 2 atom stereocenters. The topological polar surface area (TPSA) is 93.2 Å². The van der Waals surface area contributed by atoms with Crippen molar-refractivity contribution in [2.45, 2.75) is 17.9 Å². The van der Waals surface area contributed by atoms with Crippen molar-refractivity contribution in [2.24, 2.45) is 0 Å². The number of nitrogens with zero attached hydrogens (tertiary/aromatic N) is 1. The molecule has 3 aromatic carbocycles. The molecule has 1 aliphatic heterocycles. The maximum absolute atomic E-state index is 13.9. The number of Topliss-reactive ketones (excluding diaryl/α,β-unsaturated/α-hetero) is 1. The number of para-hydroxylation sites is 1. The van der Waals surface area contributed by atoms with Gasteiger partial charge in [0.2, 0.25) is 0 Å². The van der Waals surface area contributed by atoms with E-state index in [1.165, 1.54) is 10.7 Å². The number of carbonyl (C=O) groups excluding carboxylic acids is 2. The van der Waals surface area contributed by atoms with Crippen molar-refractivity contribution in [3.63, 3.8) is 0 Å². The molecule has 1 aliphatic rings. The van der Waals surface area contributed by atoms with Crippen LogP contribution in [0.4, 0.5) is 5.69 Å². The molecule has 0 saturated carbocycles. The second kappa shape index (κ2) is 8.51. The molecule has 0 spiro atoms. The third kappa shape index (κ3) is 3.42. The van der Waals surface area contributed by atoms with E-state index in [0.717, 1.165) is 5.56 Å². The summed E-state index contributed by atoms with van der Waals surface area (Å²) in [6.45, 7) is 0. The minimum atomic E-state index is -1.39. The molecular weight excluding hydrogens is 430 g/mol. The molecule has 0 bridgehead atoms. The first-order chi connectivity index (χ1) is 16.5. The molecule has 0 radical (unpaired) electrons. The lowest BCUT2D eigenvalue weighted by atomic mass is 9.72. The van der Waals surface area contributed by atoms with Crippen molar-refractivity contribution in [3.05, 3.63) is 118 Å². The summed E-state index contributed by atoms with van der Waals surface area (Å²) in [4.78, 5) is 39.6. The van der Waals surface area contributed by atoms with Crippen LogP contribution in [0.5, 0.6) is 5.75 Å². The number of amides is 1. The molecule has 5 rings (SSSR count). The number of hydrogen-bond acceptors (Lipinski definition) is 4. The Morgan fingerprint density at radius 3 is 2.47 bits per heavy atom. The molecular formula is C27H23N3O4. The average Bonchev–Trinajstić information content (AvgIpc) is 3.43. The van der Waals surface area contributed by atoms with Crippen LogP contribution in [0.15, 0.2) is 95.9 Å². The SMILES string of the molecule is COc1cccc([C@@H](CC(=O)c2ccccc2)[C@@]2(n3ccc(=O)[nH]3)C(=O)Nc3ccccc32)c1. The van der Waals surface area contributed by atoms with Crippen LogP contribution in [-0.2, 0) is 10.3 Å². The van der Waals surface area contributed by atoms with Gasteiger partial charge in [-0.1, -0.05) is 60.7 Å². The van der Waals surface area contributed by atoms with E-state index in [4.69, 9.17) is 4.74 Å². The number of anilines is 1. The summed E-state index contributed by atoms with van der Waals surface area (Å²) in [7, 11) is 1.57. The summed E-state index contributed by atoms with van der Waals surface area (Å²) < 4.78 is 6.97. The minimum absolute atomic E-state index is 0.0269.